The molecular weight excluding hydrogens is 255 g/mol. The van der Waals surface area contributed by atoms with Crippen LogP contribution in [0.2, 0.25) is 10.0 Å². The molecule has 0 aliphatic heterocycles. The largest absolute Gasteiger partial charge is 0.223 e. The lowest BCUT2D eigenvalue weighted by Gasteiger charge is -2.11. The molecule has 84 valence electrons. The minimum absolute atomic E-state index is 0.189. The highest BCUT2D eigenvalue weighted by molar-refractivity contribution is 7.92. The third-order valence-electron chi connectivity index (χ3n) is 2.27. The van der Waals surface area contributed by atoms with Gasteiger partial charge in [0.2, 0.25) is 0 Å². The van der Waals surface area contributed by atoms with Gasteiger partial charge in [0.25, 0.3) is 0 Å². The molecule has 15 heavy (non-hydrogen) atoms. The van der Waals surface area contributed by atoms with Crippen LogP contribution in [0.15, 0.2) is 23.1 Å². The summed E-state index contributed by atoms with van der Waals surface area (Å²) in [4.78, 5) is 0.189. The van der Waals surface area contributed by atoms with Gasteiger partial charge in [0.15, 0.2) is 9.84 Å². The predicted molar refractivity (Wildman–Crippen MR) is 63.4 cm³/mol. The summed E-state index contributed by atoms with van der Waals surface area (Å²) < 4.78 is 23.9. The molecule has 1 atom stereocenters. The molecule has 1 rings (SSSR count). The molecule has 0 bridgehead atoms. The van der Waals surface area contributed by atoms with Gasteiger partial charge in [-0.15, -0.1) is 0 Å². The first-order valence-electron chi connectivity index (χ1n) is 4.58. The number of sulfone groups is 1. The first kappa shape index (κ1) is 12.8. The molecule has 0 fully saturated rings. The van der Waals surface area contributed by atoms with Crippen molar-refractivity contribution in [2.24, 2.45) is 0 Å². The van der Waals surface area contributed by atoms with Crippen molar-refractivity contribution >= 4 is 33.0 Å². The van der Waals surface area contributed by atoms with E-state index < -0.39 is 15.1 Å². The summed E-state index contributed by atoms with van der Waals surface area (Å²) in [5.41, 5.74) is 0. The zero-order valence-electron chi connectivity index (χ0n) is 8.50. The molecule has 1 aromatic carbocycles. The summed E-state index contributed by atoms with van der Waals surface area (Å²) >= 11 is 11.5. The average Bonchev–Trinajstić information content (AvgIpc) is 2.15. The molecule has 0 radical (unpaired) electrons. The predicted octanol–water partition coefficient (Wildman–Crippen LogP) is 3.57. The van der Waals surface area contributed by atoms with E-state index in [0.29, 0.717) is 16.5 Å². The molecule has 1 aromatic rings. The Morgan fingerprint density at radius 3 is 2.07 bits per heavy atom. The molecule has 5 heteroatoms. The van der Waals surface area contributed by atoms with Crippen LogP contribution in [-0.4, -0.2) is 13.7 Å². The zero-order valence-corrected chi connectivity index (χ0v) is 10.8. The van der Waals surface area contributed by atoms with E-state index in [-0.39, 0.29) is 4.90 Å². The van der Waals surface area contributed by atoms with E-state index in [2.05, 4.69) is 0 Å². The van der Waals surface area contributed by atoms with E-state index in [1.807, 2.05) is 6.92 Å². The highest BCUT2D eigenvalue weighted by Crippen LogP contribution is 2.25. The Morgan fingerprint density at radius 2 is 1.67 bits per heavy atom. The summed E-state index contributed by atoms with van der Waals surface area (Å²) in [7, 11) is -3.30. The first-order chi connectivity index (χ1) is 6.87. The van der Waals surface area contributed by atoms with Crippen LogP contribution in [0.5, 0.6) is 0 Å². The van der Waals surface area contributed by atoms with Gasteiger partial charge in [0.1, 0.15) is 0 Å². The molecule has 0 saturated carbocycles. The van der Waals surface area contributed by atoms with Crippen molar-refractivity contribution in [3.05, 3.63) is 28.2 Å². The third-order valence-corrected chi connectivity index (χ3v) is 4.99. The van der Waals surface area contributed by atoms with Crippen LogP contribution in [0.3, 0.4) is 0 Å². The fraction of sp³-hybridized carbons (Fsp3) is 0.400. The molecule has 0 saturated heterocycles. The fourth-order valence-electron chi connectivity index (χ4n) is 1.14. The lowest BCUT2D eigenvalue weighted by Crippen LogP contribution is -2.16. The highest BCUT2D eigenvalue weighted by Gasteiger charge is 2.22. The van der Waals surface area contributed by atoms with Crippen molar-refractivity contribution in [3.63, 3.8) is 0 Å². The van der Waals surface area contributed by atoms with Gasteiger partial charge < -0.3 is 0 Å². The maximum absolute atomic E-state index is 12.0. The van der Waals surface area contributed by atoms with Gasteiger partial charge in [-0.1, -0.05) is 30.1 Å². The Balaban J connectivity index is 3.27. The van der Waals surface area contributed by atoms with E-state index in [4.69, 9.17) is 23.2 Å². The van der Waals surface area contributed by atoms with Crippen molar-refractivity contribution in [3.8, 4) is 0 Å². The number of halogens is 2. The van der Waals surface area contributed by atoms with Crippen molar-refractivity contribution in [1.29, 1.82) is 0 Å². The topological polar surface area (TPSA) is 34.1 Å². The van der Waals surface area contributed by atoms with Crippen molar-refractivity contribution < 1.29 is 8.42 Å². The normalized spacial score (nSPS) is 13.9. The van der Waals surface area contributed by atoms with Gasteiger partial charge in [-0.05, 0) is 31.5 Å². The van der Waals surface area contributed by atoms with Gasteiger partial charge in [0, 0.05) is 10.0 Å². The van der Waals surface area contributed by atoms with Crippen molar-refractivity contribution in [2.75, 3.05) is 0 Å². The minimum atomic E-state index is -3.30. The van der Waals surface area contributed by atoms with E-state index in [0.717, 1.165) is 0 Å². The third kappa shape index (κ3) is 2.86. The second-order valence-electron chi connectivity index (χ2n) is 3.37. The number of rotatable bonds is 3. The van der Waals surface area contributed by atoms with Gasteiger partial charge in [-0.2, -0.15) is 0 Å². The molecule has 0 aromatic heterocycles. The van der Waals surface area contributed by atoms with Crippen LogP contribution in [0, 0.1) is 0 Å². The number of hydrogen-bond donors (Lipinski definition) is 0. The molecule has 0 heterocycles. The van der Waals surface area contributed by atoms with E-state index in [1.165, 1.54) is 18.2 Å². The summed E-state index contributed by atoms with van der Waals surface area (Å²) in [6.07, 6.45) is 0.562. The maximum Gasteiger partial charge on any atom is 0.181 e. The van der Waals surface area contributed by atoms with Gasteiger partial charge in [-0.3, -0.25) is 0 Å². The Morgan fingerprint density at radius 1 is 1.20 bits per heavy atom. The highest BCUT2D eigenvalue weighted by atomic mass is 35.5. The van der Waals surface area contributed by atoms with Crippen molar-refractivity contribution in [1.82, 2.24) is 0 Å². The molecular formula is C10H12Cl2O2S. The molecule has 0 amide bonds. The van der Waals surface area contributed by atoms with Gasteiger partial charge >= 0.3 is 0 Å². The summed E-state index contributed by atoms with van der Waals surface area (Å²) in [5, 5.41) is 0.251. The van der Waals surface area contributed by atoms with Crippen LogP contribution in [0.1, 0.15) is 20.3 Å². The minimum Gasteiger partial charge on any atom is -0.223 e. The number of benzene rings is 1. The maximum atomic E-state index is 12.0. The van der Waals surface area contributed by atoms with Crippen LogP contribution in [0.25, 0.3) is 0 Å². The Hall–Kier alpha value is -0.250. The zero-order chi connectivity index (χ0) is 11.6. The molecule has 0 N–H and O–H groups in total. The molecule has 0 aliphatic carbocycles. The standard InChI is InChI=1S/C10H12Cl2O2S/c1-3-7(2)15(13,14)10-5-8(11)4-9(12)6-10/h4-7H,3H2,1-2H3. The SMILES string of the molecule is CCC(C)S(=O)(=O)c1cc(Cl)cc(Cl)c1. The van der Waals surface area contributed by atoms with Crippen LogP contribution >= 0.6 is 23.2 Å². The van der Waals surface area contributed by atoms with E-state index in [9.17, 15) is 8.42 Å². The molecule has 1 unspecified atom stereocenters. The first-order valence-corrected chi connectivity index (χ1v) is 6.88. The van der Waals surface area contributed by atoms with Crippen molar-refractivity contribution in [2.45, 2.75) is 30.4 Å². The second-order valence-corrected chi connectivity index (χ2v) is 6.61. The smallest absolute Gasteiger partial charge is 0.181 e. The van der Waals surface area contributed by atoms with Gasteiger partial charge in [-0.25, -0.2) is 8.42 Å². The van der Waals surface area contributed by atoms with Crippen LogP contribution < -0.4 is 0 Å². The lowest BCUT2D eigenvalue weighted by atomic mass is 10.4. The fourth-order valence-corrected chi connectivity index (χ4v) is 3.29. The molecule has 0 spiro atoms. The Labute approximate surface area is 100 Å². The molecule has 2 nitrogen and oxygen atoms in total. The lowest BCUT2D eigenvalue weighted by molar-refractivity contribution is 0.581. The van der Waals surface area contributed by atoms with E-state index >= 15 is 0 Å². The quantitative estimate of drug-likeness (QED) is 0.839. The Kier molecular flexibility index (Phi) is 4.04. The number of hydrogen-bond acceptors (Lipinski definition) is 2. The second kappa shape index (κ2) is 4.73. The average molecular weight is 267 g/mol. The van der Waals surface area contributed by atoms with Gasteiger partial charge in [0.05, 0.1) is 10.1 Å². The monoisotopic (exact) mass is 266 g/mol. The molecule has 0 aliphatic rings. The summed E-state index contributed by atoms with van der Waals surface area (Å²) in [6.45, 7) is 3.50. The summed E-state index contributed by atoms with van der Waals surface area (Å²) in [6, 6.07) is 4.36. The summed E-state index contributed by atoms with van der Waals surface area (Å²) in [5.74, 6) is 0. The van der Waals surface area contributed by atoms with Crippen LogP contribution in [0.4, 0.5) is 0 Å². The Bertz CT molecular complexity index is 434. The van der Waals surface area contributed by atoms with Crippen LogP contribution in [-0.2, 0) is 9.84 Å². The van der Waals surface area contributed by atoms with E-state index in [1.54, 1.807) is 6.92 Å².